The first kappa shape index (κ1) is 14.8. The molecule has 2 N–H and O–H groups in total. The van der Waals surface area contributed by atoms with Gasteiger partial charge in [0.05, 0.1) is 5.60 Å². The molecule has 0 bridgehead atoms. The summed E-state index contributed by atoms with van der Waals surface area (Å²) in [6, 6.07) is 4.26. The first-order valence-corrected chi connectivity index (χ1v) is 7.20. The summed E-state index contributed by atoms with van der Waals surface area (Å²) in [4.78, 5) is 0. The van der Waals surface area contributed by atoms with Gasteiger partial charge in [-0.15, -0.1) is 0 Å². The summed E-state index contributed by atoms with van der Waals surface area (Å²) >= 11 is 6.10. The van der Waals surface area contributed by atoms with E-state index in [0.717, 1.165) is 31.2 Å². The molecule has 1 saturated carbocycles. The Bertz CT molecular complexity index is 432. The highest BCUT2D eigenvalue weighted by Crippen LogP contribution is 2.35. The molecule has 1 aliphatic rings. The van der Waals surface area contributed by atoms with Crippen LogP contribution in [0.15, 0.2) is 18.2 Å². The molecule has 1 aliphatic carbocycles. The molecular weight excluding hydrogens is 265 g/mol. The molecule has 106 valence electrons. The van der Waals surface area contributed by atoms with E-state index in [1.807, 2.05) is 0 Å². The molecule has 0 radical (unpaired) electrons. The number of hydrogen-bond donors (Lipinski definition) is 1. The summed E-state index contributed by atoms with van der Waals surface area (Å²) in [7, 11) is 1.72. The molecule has 0 saturated heterocycles. The number of benzene rings is 1. The van der Waals surface area contributed by atoms with Gasteiger partial charge in [-0.1, -0.05) is 30.9 Å². The largest absolute Gasteiger partial charge is 0.377 e. The minimum atomic E-state index is -0.284. The summed E-state index contributed by atoms with van der Waals surface area (Å²) in [6.07, 6.45) is 6.00. The third kappa shape index (κ3) is 3.28. The van der Waals surface area contributed by atoms with E-state index < -0.39 is 0 Å². The second-order valence-corrected chi connectivity index (χ2v) is 5.78. The van der Waals surface area contributed by atoms with Crippen molar-refractivity contribution in [1.29, 1.82) is 0 Å². The highest BCUT2D eigenvalue weighted by atomic mass is 35.5. The summed E-state index contributed by atoms with van der Waals surface area (Å²) in [5, 5.41) is 0.568. The topological polar surface area (TPSA) is 35.2 Å². The molecule has 1 aromatic carbocycles. The van der Waals surface area contributed by atoms with Gasteiger partial charge in [0, 0.05) is 18.2 Å². The van der Waals surface area contributed by atoms with Gasteiger partial charge < -0.3 is 10.5 Å². The Balaban J connectivity index is 2.14. The Morgan fingerprint density at radius 1 is 1.37 bits per heavy atom. The molecule has 2 rings (SSSR count). The maximum absolute atomic E-state index is 13.3. The number of nitrogens with two attached hydrogens (primary N) is 1. The number of ether oxygens (including phenoxy) is 1. The summed E-state index contributed by atoms with van der Waals surface area (Å²) in [5.74, 6) is -0.276. The zero-order valence-corrected chi connectivity index (χ0v) is 12.0. The van der Waals surface area contributed by atoms with Crippen molar-refractivity contribution in [2.24, 2.45) is 5.73 Å². The van der Waals surface area contributed by atoms with Crippen LogP contribution in [0.2, 0.25) is 5.02 Å². The predicted molar refractivity (Wildman–Crippen MR) is 75.9 cm³/mol. The molecule has 0 aromatic heterocycles. The lowest BCUT2D eigenvalue weighted by molar-refractivity contribution is -0.0582. The molecule has 0 aliphatic heterocycles. The van der Waals surface area contributed by atoms with Gasteiger partial charge >= 0.3 is 0 Å². The number of halogens is 2. The van der Waals surface area contributed by atoms with Crippen LogP contribution in [0, 0.1) is 5.82 Å². The maximum Gasteiger partial charge on any atom is 0.123 e. The average Bonchev–Trinajstić information content (AvgIpc) is 2.43. The second kappa shape index (κ2) is 6.21. The third-order valence-corrected chi connectivity index (χ3v) is 4.60. The van der Waals surface area contributed by atoms with E-state index in [2.05, 4.69) is 0 Å². The molecule has 0 spiro atoms. The van der Waals surface area contributed by atoms with E-state index in [-0.39, 0.29) is 17.5 Å². The van der Waals surface area contributed by atoms with Gasteiger partial charge in [-0.3, -0.25) is 0 Å². The summed E-state index contributed by atoms with van der Waals surface area (Å²) in [5.41, 5.74) is 6.82. The van der Waals surface area contributed by atoms with E-state index in [0.29, 0.717) is 11.4 Å². The molecule has 1 aromatic rings. The predicted octanol–water partition coefficient (Wildman–Crippen LogP) is 3.70. The Morgan fingerprint density at radius 2 is 2.05 bits per heavy atom. The molecule has 0 amide bonds. The van der Waals surface area contributed by atoms with Crippen molar-refractivity contribution in [3.05, 3.63) is 34.6 Å². The summed E-state index contributed by atoms with van der Waals surface area (Å²) < 4.78 is 19.0. The van der Waals surface area contributed by atoms with Gasteiger partial charge in [0.15, 0.2) is 0 Å². The van der Waals surface area contributed by atoms with Gasteiger partial charge in [-0.05, 0) is 43.0 Å². The van der Waals surface area contributed by atoms with Gasteiger partial charge in [0.25, 0.3) is 0 Å². The fraction of sp³-hybridized carbons (Fsp3) is 0.600. The lowest BCUT2D eigenvalue weighted by Crippen LogP contribution is -2.52. The van der Waals surface area contributed by atoms with Gasteiger partial charge in [-0.25, -0.2) is 4.39 Å². The van der Waals surface area contributed by atoms with Crippen molar-refractivity contribution >= 4 is 11.6 Å². The van der Waals surface area contributed by atoms with Crippen LogP contribution in [0.3, 0.4) is 0 Å². The summed E-state index contributed by atoms with van der Waals surface area (Å²) in [6.45, 7) is 0. The van der Waals surface area contributed by atoms with Crippen LogP contribution < -0.4 is 5.73 Å². The van der Waals surface area contributed by atoms with Crippen LogP contribution in [0.4, 0.5) is 4.39 Å². The number of rotatable bonds is 4. The van der Waals surface area contributed by atoms with Crippen LogP contribution in [-0.4, -0.2) is 18.8 Å². The molecular formula is C15H21ClFNO. The van der Waals surface area contributed by atoms with Crippen molar-refractivity contribution in [2.45, 2.75) is 50.2 Å². The Morgan fingerprint density at radius 3 is 2.68 bits per heavy atom. The first-order valence-electron chi connectivity index (χ1n) is 6.82. The molecule has 1 fully saturated rings. The molecule has 1 atom stereocenters. The van der Waals surface area contributed by atoms with E-state index in [9.17, 15) is 4.39 Å². The standard InChI is InChI=1S/C15H21ClFNO/c1-19-15(7-3-2-4-8-15)14(18)10-11-9-12(17)5-6-13(11)16/h5-6,9,14H,2-4,7-8,10,18H2,1H3. The fourth-order valence-electron chi connectivity index (χ4n) is 3.00. The lowest BCUT2D eigenvalue weighted by atomic mass is 9.77. The quantitative estimate of drug-likeness (QED) is 0.915. The third-order valence-electron chi connectivity index (χ3n) is 4.23. The minimum absolute atomic E-state index is 0.155. The first-order chi connectivity index (χ1) is 9.07. The number of hydrogen-bond acceptors (Lipinski definition) is 2. The normalized spacial score (nSPS) is 20.2. The average molecular weight is 286 g/mol. The van der Waals surface area contributed by atoms with Crippen LogP contribution in [-0.2, 0) is 11.2 Å². The van der Waals surface area contributed by atoms with Crippen LogP contribution in [0.5, 0.6) is 0 Å². The molecule has 2 nitrogen and oxygen atoms in total. The van der Waals surface area contributed by atoms with Crippen molar-refractivity contribution in [2.75, 3.05) is 7.11 Å². The molecule has 19 heavy (non-hydrogen) atoms. The highest BCUT2D eigenvalue weighted by Gasteiger charge is 2.38. The van der Waals surface area contributed by atoms with Crippen LogP contribution >= 0.6 is 11.6 Å². The van der Waals surface area contributed by atoms with Crippen LogP contribution in [0.25, 0.3) is 0 Å². The Kier molecular flexibility index (Phi) is 4.82. The minimum Gasteiger partial charge on any atom is -0.377 e. The van der Waals surface area contributed by atoms with E-state index >= 15 is 0 Å². The second-order valence-electron chi connectivity index (χ2n) is 5.38. The van der Waals surface area contributed by atoms with E-state index in [4.69, 9.17) is 22.1 Å². The monoisotopic (exact) mass is 285 g/mol. The van der Waals surface area contributed by atoms with Gasteiger partial charge in [0.1, 0.15) is 5.82 Å². The van der Waals surface area contributed by atoms with Crippen molar-refractivity contribution in [3.63, 3.8) is 0 Å². The smallest absolute Gasteiger partial charge is 0.123 e. The fourth-order valence-corrected chi connectivity index (χ4v) is 3.19. The highest BCUT2D eigenvalue weighted by molar-refractivity contribution is 6.31. The Labute approximate surface area is 119 Å². The van der Waals surface area contributed by atoms with Gasteiger partial charge in [0.2, 0.25) is 0 Å². The van der Waals surface area contributed by atoms with Crippen LogP contribution in [0.1, 0.15) is 37.7 Å². The van der Waals surface area contributed by atoms with E-state index in [1.54, 1.807) is 13.2 Å². The van der Waals surface area contributed by atoms with Crippen molar-refractivity contribution in [3.8, 4) is 0 Å². The zero-order valence-electron chi connectivity index (χ0n) is 11.3. The van der Waals surface area contributed by atoms with Crippen molar-refractivity contribution < 1.29 is 9.13 Å². The maximum atomic E-state index is 13.3. The molecule has 0 heterocycles. The van der Waals surface area contributed by atoms with Crippen molar-refractivity contribution in [1.82, 2.24) is 0 Å². The van der Waals surface area contributed by atoms with E-state index in [1.165, 1.54) is 18.6 Å². The number of methoxy groups -OCH3 is 1. The molecule has 1 unspecified atom stereocenters. The Hall–Kier alpha value is -0.640. The van der Waals surface area contributed by atoms with Gasteiger partial charge in [-0.2, -0.15) is 0 Å². The lowest BCUT2D eigenvalue weighted by Gasteiger charge is -2.41. The molecule has 4 heteroatoms. The zero-order chi connectivity index (χ0) is 13.9. The SMILES string of the molecule is COC1(C(N)Cc2cc(F)ccc2Cl)CCCCC1.